The van der Waals surface area contributed by atoms with Gasteiger partial charge in [0.15, 0.2) is 9.84 Å². The lowest BCUT2D eigenvalue weighted by Crippen LogP contribution is -2.39. The molecule has 1 unspecified atom stereocenters. The van der Waals surface area contributed by atoms with Gasteiger partial charge in [0.25, 0.3) is 5.91 Å². The van der Waals surface area contributed by atoms with E-state index in [1.807, 2.05) is 35.2 Å². The van der Waals surface area contributed by atoms with Crippen LogP contribution in [0.25, 0.3) is 0 Å². The zero-order chi connectivity index (χ0) is 18.7. The van der Waals surface area contributed by atoms with Crippen LogP contribution in [0.3, 0.4) is 0 Å². The number of amides is 1. The molecule has 0 spiro atoms. The zero-order valence-corrected chi connectivity index (χ0v) is 16.1. The fraction of sp³-hybridized carbons (Fsp3) is 0.381. The second-order valence-electron chi connectivity index (χ2n) is 7.26. The molecule has 0 saturated heterocycles. The van der Waals surface area contributed by atoms with Crippen LogP contribution in [0.5, 0.6) is 0 Å². The molecule has 1 fully saturated rings. The fourth-order valence-corrected chi connectivity index (χ4v) is 4.02. The van der Waals surface area contributed by atoms with Crippen LogP contribution in [-0.4, -0.2) is 31.5 Å². The Bertz CT molecular complexity index is 856. The lowest BCUT2D eigenvalue weighted by molar-refractivity contribution is 0.0654. The predicted octanol–water partition coefficient (Wildman–Crippen LogP) is 3.67. The van der Waals surface area contributed by atoms with Crippen LogP contribution in [0, 0.1) is 5.92 Å². The molecular formula is C21H25NO3S. The van der Waals surface area contributed by atoms with Gasteiger partial charge in [0.05, 0.1) is 5.75 Å². The van der Waals surface area contributed by atoms with Gasteiger partial charge in [-0.2, -0.15) is 0 Å². The third-order valence-electron chi connectivity index (χ3n) is 4.88. The normalized spacial score (nSPS) is 15.5. The van der Waals surface area contributed by atoms with E-state index in [2.05, 4.69) is 6.92 Å². The minimum atomic E-state index is -3.08. The molecule has 0 radical (unpaired) electrons. The first-order valence-corrected chi connectivity index (χ1v) is 11.0. The molecule has 2 aromatic rings. The van der Waals surface area contributed by atoms with E-state index in [4.69, 9.17) is 0 Å². The molecule has 1 aliphatic carbocycles. The Labute approximate surface area is 155 Å². The molecule has 1 amide bonds. The van der Waals surface area contributed by atoms with Crippen LogP contribution in [-0.2, 0) is 22.1 Å². The van der Waals surface area contributed by atoms with E-state index in [9.17, 15) is 13.2 Å². The van der Waals surface area contributed by atoms with Gasteiger partial charge in [-0.25, -0.2) is 8.42 Å². The number of rotatable bonds is 7. The minimum Gasteiger partial charge on any atom is -0.331 e. The monoisotopic (exact) mass is 371 g/mol. The molecule has 5 heteroatoms. The van der Waals surface area contributed by atoms with Gasteiger partial charge in [-0.15, -0.1) is 0 Å². The lowest BCUT2D eigenvalue weighted by Gasteiger charge is -2.30. The first kappa shape index (κ1) is 18.6. The highest BCUT2D eigenvalue weighted by Crippen LogP contribution is 2.36. The average molecular weight is 372 g/mol. The van der Waals surface area contributed by atoms with E-state index in [1.54, 1.807) is 24.3 Å². The highest BCUT2D eigenvalue weighted by molar-refractivity contribution is 7.89. The third kappa shape index (κ3) is 4.94. The van der Waals surface area contributed by atoms with Crippen molar-refractivity contribution in [3.63, 3.8) is 0 Å². The summed E-state index contributed by atoms with van der Waals surface area (Å²) in [7, 11) is -3.08. The minimum absolute atomic E-state index is 0.000779. The lowest BCUT2D eigenvalue weighted by atomic mass is 10.1. The second-order valence-corrected chi connectivity index (χ2v) is 9.40. The molecule has 4 nitrogen and oxygen atoms in total. The summed E-state index contributed by atoms with van der Waals surface area (Å²) in [6, 6.07) is 17.1. The zero-order valence-electron chi connectivity index (χ0n) is 15.3. The number of benzene rings is 2. The van der Waals surface area contributed by atoms with E-state index in [-0.39, 0.29) is 17.7 Å². The van der Waals surface area contributed by atoms with E-state index in [1.165, 1.54) is 19.1 Å². The molecule has 3 rings (SSSR count). The molecule has 0 bridgehead atoms. The van der Waals surface area contributed by atoms with E-state index in [0.717, 1.165) is 5.56 Å². The smallest absolute Gasteiger partial charge is 0.254 e. The molecular weight excluding hydrogens is 346 g/mol. The van der Waals surface area contributed by atoms with Crippen LogP contribution in [0.15, 0.2) is 54.6 Å². The Balaban J connectivity index is 1.80. The van der Waals surface area contributed by atoms with E-state index >= 15 is 0 Å². The predicted molar refractivity (Wildman–Crippen MR) is 103 cm³/mol. The van der Waals surface area contributed by atoms with Gasteiger partial charge in [0, 0.05) is 24.4 Å². The van der Waals surface area contributed by atoms with Crippen molar-refractivity contribution >= 4 is 15.7 Å². The Hall–Kier alpha value is -2.14. The molecule has 0 N–H and O–H groups in total. The van der Waals surface area contributed by atoms with Crippen LogP contribution in [0.1, 0.15) is 41.3 Å². The molecule has 1 aliphatic rings. The average Bonchev–Trinajstić information content (AvgIpc) is 3.44. The summed E-state index contributed by atoms with van der Waals surface area (Å²) in [6.45, 7) is 2.71. The molecule has 0 aromatic heterocycles. The van der Waals surface area contributed by atoms with Gasteiger partial charge >= 0.3 is 0 Å². The number of carbonyl (C=O) groups is 1. The maximum Gasteiger partial charge on any atom is 0.254 e. The van der Waals surface area contributed by atoms with Gasteiger partial charge < -0.3 is 4.90 Å². The Morgan fingerprint density at radius 3 is 2.19 bits per heavy atom. The van der Waals surface area contributed by atoms with Crippen molar-refractivity contribution in [2.24, 2.45) is 5.92 Å². The number of nitrogens with zero attached hydrogens (tertiary/aromatic N) is 1. The fourth-order valence-electron chi connectivity index (χ4n) is 3.23. The topological polar surface area (TPSA) is 54.5 Å². The summed E-state index contributed by atoms with van der Waals surface area (Å²) in [5.41, 5.74) is 2.42. The highest BCUT2D eigenvalue weighted by Gasteiger charge is 2.34. The maximum atomic E-state index is 13.1. The van der Waals surface area contributed by atoms with Gasteiger partial charge in [0.2, 0.25) is 0 Å². The standard InChI is InChI=1S/C21H25NO3S/c1-16(19-12-13-19)22(14-17-6-4-3-5-7-17)21(23)20-10-8-18(9-11-20)15-26(2,24)25/h3-11,16,19H,12-15H2,1-2H3. The second kappa shape index (κ2) is 7.62. The molecule has 138 valence electrons. The highest BCUT2D eigenvalue weighted by atomic mass is 32.2. The van der Waals surface area contributed by atoms with Crippen LogP contribution in [0.4, 0.5) is 0 Å². The molecule has 1 saturated carbocycles. The van der Waals surface area contributed by atoms with E-state index < -0.39 is 9.84 Å². The number of hydrogen-bond donors (Lipinski definition) is 0. The maximum absolute atomic E-state index is 13.1. The van der Waals surface area contributed by atoms with Crippen molar-refractivity contribution in [2.45, 2.75) is 38.1 Å². The SMILES string of the molecule is CC(C1CC1)N(Cc1ccccc1)C(=O)c1ccc(CS(C)(=O)=O)cc1. The van der Waals surface area contributed by atoms with Crippen LogP contribution < -0.4 is 0 Å². The summed E-state index contributed by atoms with van der Waals surface area (Å²) in [4.78, 5) is 15.1. The van der Waals surface area contributed by atoms with Crippen molar-refractivity contribution in [2.75, 3.05) is 6.26 Å². The summed E-state index contributed by atoms with van der Waals surface area (Å²) >= 11 is 0. The van der Waals surface area contributed by atoms with Gasteiger partial charge in [0.1, 0.15) is 0 Å². The summed E-state index contributed by atoms with van der Waals surface area (Å²) < 4.78 is 22.9. The molecule has 1 atom stereocenters. The molecule has 26 heavy (non-hydrogen) atoms. The van der Waals surface area contributed by atoms with Crippen molar-refractivity contribution in [1.82, 2.24) is 4.90 Å². The van der Waals surface area contributed by atoms with Crippen LogP contribution >= 0.6 is 0 Å². The molecule has 0 aliphatic heterocycles. The quantitative estimate of drug-likeness (QED) is 0.746. The summed E-state index contributed by atoms with van der Waals surface area (Å²) in [6.07, 6.45) is 3.56. The number of carbonyl (C=O) groups excluding carboxylic acids is 1. The number of sulfone groups is 1. The van der Waals surface area contributed by atoms with Gasteiger partial charge in [-0.3, -0.25) is 4.79 Å². The van der Waals surface area contributed by atoms with Crippen molar-refractivity contribution in [3.05, 3.63) is 71.3 Å². The Morgan fingerprint density at radius 1 is 1.04 bits per heavy atom. The van der Waals surface area contributed by atoms with Gasteiger partial charge in [-0.05, 0) is 48.9 Å². The summed E-state index contributed by atoms with van der Waals surface area (Å²) in [5, 5.41) is 0. The van der Waals surface area contributed by atoms with Crippen LogP contribution in [0.2, 0.25) is 0 Å². The van der Waals surface area contributed by atoms with Crippen molar-refractivity contribution in [3.8, 4) is 0 Å². The van der Waals surface area contributed by atoms with Crippen molar-refractivity contribution in [1.29, 1.82) is 0 Å². The molecule has 0 heterocycles. The first-order chi connectivity index (χ1) is 12.3. The Kier molecular flexibility index (Phi) is 5.47. The summed E-state index contributed by atoms with van der Waals surface area (Å²) in [5.74, 6) is 0.569. The number of hydrogen-bond acceptors (Lipinski definition) is 3. The first-order valence-electron chi connectivity index (χ1n) is 8.95. The molecule has 2 aromatic carbocycles. The van der Waals surface area contributed by atoms with Gasteiger partial charge in [-0.1, -0.05) is 42.5 Å². The van der Waals surface area contributed by atoms with E-state index in [0.29, 0.717) is 23.6 Å². The third-order valence-corrected chi connectivity index (χ3v) is 5.74. The largest absolute Gasteiger partial charge is 0.331 e. The van der Waals surface area contributed by atoms with Crippen molar-refractivity contribution < 1.29 is 13.2 Å². The Morgan fingerprint density at radius 2 is 1.65 bits per heavy atom.